The Morgan fingerprint density at radius 1 is 1.27 bits per heavy atom. The third-order valence-corrected chi connectivity index (χ3v) is 6.40. The number of allylic oxidation sites excluding steroid dienone is 5. The number of hydrogen-bond acceptors (Lipinski definition) is 3. The summed E-state index contributed by atoms with van der Waals surface area (Å²) in [7, 11) is -3.77. The Hall–Kier alpha value is -1.49. The highest BCUT2D eigenvalue weighted by molar-refractivity contribution is 7.50. The Morgan fingerprint density at radius 3 is 2.83 bits per heavy atom. The van der Waals surface area contributed by atoms with Crippen LogP contribution in [0.3, 0.4) is 0 Å². The van der Waals surface area contributed by atoms with E-state index in [2.05, 4.69) is 42.4 Å². The molecule has 0 heterocycles. The highest BCUT2D eigenvalue weighted by Crippen LogP contribution is 2.36. The fourth-order valence-electron chi connectivity index (χ4n) is 3.62. The van der Waals surface area contributed by atoms with Gasteiger partial charge >= 0.3 is 7.75 Å². The first kappa shape index (κ1) is 24.8. The van der Waals surface area contributed by atoms with Gasteiger partial charge in [0.2, 0.25) is 0 Å². The zero-order valence-corrected chi connectivity index (χ0v) is 19.0. The maximum Gasteiger partial charge on any atom is 0.402 e. The van der Waals surface area contributed by atoms with Crippen LogP contribution in [0.15, 0.2) is 66.3 Å². The van der Waals surface area contributed by atoms with Gasteiger partial charge in [0, 0.05) is 12.1 Å². The van der Waals surface area contributed by atoms with Crippen LogP contribution in [-0.2, 0) is 15.5 Å². The van der Waals surface area contributed by atoms with E-state index in [-0.39, 0.29) is 12.1 Å². The van der Waals surface area contributed by atoms with Gasteiger partial charge in [-0.3, -0.25) is 4.52 Å². The summed E-state index contributed by atoms with van der Waals surface area (Å²) < 4.78 is 17.4. The molecule has 0 aliphatic heterocycles. The molecule has 0 saturated heterocycles. The molecule has 2 rings (SSSR count). The summed E-state index contributed by atoms with van der Waals surface area (Å²) in [6.07, 6.45) is 17.9. The average Bonchev–Trinajstić information content (AvgIpc) is 2.71. The molecule has 0 radical (unpaired) electrons. The third-order valence-electron chi connectivity index (χ3n) is 5.24. The van der Waals surface area contributed by atoms with E-state index in [0.29, 0.717) is 19.4 Å². The maximum atomic E-state index is 12.1. The molecular weight excluding hydrogens is 395 g/mol. The smallest absolute Gasteiger partial charge is 0.322 e. The molecule has 5 nitrogen and oxygen atoms in total. The van der Waals surface area contributed by atoms with Crippen LogP contribution < -0.4 is 10.8 Å². The lowest BCUT2D eigenvalue weighted by atomic mass is 9.87. The summed E-state index contributed by atoms with van der Waals surface area (Å²) in [5, 5.41) is 2.64. The summed E-state index contributed by atoms with van der Waals surface area (Å²) in [5.41, 5.74) is 8.60. The largest absolute Gasteiger partial charge is 0.402 e. The van der Waals surface area contributed by atoms with Crippen LogP contribution >= 0.6 is 7.75 Å². The van der Waals surface area contributed by atoms with Gasteiger partial charge in [-0.15, -0.1) is 0 Å². The normalized spacial score (nSPS) is 25.6. The number of nitrogens with one attached hydrogen (secondary N) is 1. The van der Waals surface area contributed by atoms with Crippen molar-refractivity contribution < 1.29 is 14.0 Å². The van der Waals surface area contributed by atoms with Gasteiger partial charge in [-0.1, -0.05) is 74.1 Å². The quantitative estimate of drug-likeness (QED) is 0.320. The first-order valence-corrected chi connectivity index (χ1v) is 12.6. The summed E-state index contributed by atoms with van der Waals surface area (Å²) in [6, 6.07) is 9.86. The van der Waals surface area contributed by atoms with E-state index in [0.717, 1.165) is 44.1 Å². The lowest BCUT2D eigenvalue weighted by Gasteiger charge is -2.25. The average molecular weight is 433 g/mol. The Bertz CT molecular complexity index is 761. The minimum atomic E-state index is -3.77. The molecule has 1 aromatic rings. The Kier molecular flexibility index (Phi) is 10.8. The molecule has 1 aliphatic rings. The van der Waals surface area contributed by atoms with Gasteiger partial charge in [-0.05, 0) is 56.1 Å². The van der Waals surface area contributed by atoms with Crippen LogP contribution in [0.1, 0.15) is 57.4 Å². The Balaban J connectivity index is 1.75. The number of hydrogen-bond donors (Lipinski definition) is 3. The highest BCUT2D eigenvalue weighted by Gasteiger charge is 2.20. The van der Waals surface area contributed by atoms with Crippen molar-refractivity contribution in [2.75, 3.05) is 13.2 Å². The summed E-state index contributed by atoms with van der Waals surface area (Å²) in [5.74, 6) is 0. The first-order chi connectivity index (χ1) is 14.4. The lowest BCUT2D eigenvalue weighted by Crippen LogP contribution is -2.37. The third kappa shape index (κ3) is 10.0. The van der Waals surface area contributed by atoms with E-state index in [1.807, 2.05) is 30.3 Å². The van der Waals surface area contributed by atoms with Crippen LogP contribution in [-0.4, -0.2) is 23.6 Å². The van der Waals surface area contributed by atoms with Gasteiger partial charge in [0.25, 0.3) is 0 Å². The Labute approximate surface area is 181 Å². The van der Waals surface area contributed by atoms with E-state index in [4.69, 9.17) is 10.3 Å². The van der Waals surface area contributed by atoms with Crippen LogP contribution in [0.5, 0.6) is 0 Å². The predicted octanol–water partition coefficient (Wildman–Crippen LogP) is 5.44. The molecule has 0 fully saturated rings. The van der Waals surface area contributed by atoms with Crippen LogP contribution in [0.4, 0.5) is 0 Å². The standard InChI is InChI=1S/C24H37N2O3P/c1-2-17-24(25)18-8-4-7-11-22(14-9-19-24)15-10-21-29-30(27,28)26-20-16-23-12-5-3-6-13-23/h3,5-7,9,11-14,19H,2,4,8,10,15-18,20-21,25H2,1H3,(H2,26,27,28)/b11-7+,19-9-,22-14+. The molecule has 30 heavy (non-hydrogen) atoms. The molecule has 1 aliphatic carbocycles. The second kappa shape index (κ2) is 13.0. The van der Waals surface area contributed by atoms with Gasteiger partial charge in [0.05, 0.1) is 6.61 Å². The van der Waals surface area contributed by atoms with Gasteiger partial charge in [-0.2, -0.15) is 0 Å². The van der Waals surface area contributed by atoms with Crippen molar-refractivity contribution in [2.24, 2.45) is 5.73 Å². The van der Waals surface area contributed by atoms with Gasteiger partial charge < -0.3 is 10.6 Å². The van der Waals surface area contributed by atoms with Crippen molar-refractivity contribution in [1.29, 1.82) is 0 Å². The molecule has 0 aromatic heterocycles. The molecular formula is C24H37N2O3P. The summed E-state index contributed by atoms with van der Waals surface area (Å²) in [6.45, 7) is 2.80. The zero-order chi connectivity index (χ0) is 21.7. The molecule has 6 heteroatoms. The first-order valence-electron chi connectivity index (χ1n) is 11.0. The van der Waals surface area contributed by atoms with Gasteiger partial charge in [0.15, 0.2) is 0 Å². The van der Waals surface area contributed by atoms with Crippen molar-refractivity contribution >= 4 is 7.75 Å². The maximum absolute atomic E-state index is 12.1. The number of benzene rings is 1. The molecule has 0 bridgehead atoms. The van der Waals surface area contributed by atoms with E-state index in [1.54, 1.807) is 0 Å². The summed E-state index contributed by atoms with van der Waals surface area (Å²) in [4.78, 5) is 9.96. The monoisotopic (exact) mass is 432 g/mol. The highest BCUT2D eigenvalue weighted by atomic mass is 31.2. The molecule has 2 unspecified atom stereocenters. The second-order valence-corrected chi connectivity index (χ2v) is 9.59. The van der Waals surface area contributed by atoms with Crippen molar-refractivity contribution in [3.63, 3.8) is 0 Å². The number of nitrogens with two attached hydrogens (primary N) is 1. The van der Waals surface area contributed by atoms with E-state index in [1.165, 1.54) is 5.57 Å². The van der Waals surface area contributed by atoms with Gasteiger partial charge in [0.1, 0.15) is 0 Å². The van der Waals surface area contributed by atoms with E-state index in [9.17, 15) is 9.46 Å². The summed E-state index contributed by atoms with van der Waals surface area (Å²) >= 11 is 0. The van der Waals surface area contributed by atoms with Crippen molar-refractivity contribution in [1.82, 2.24) is 5.09 Å². The van der Waals surface area contributed by atoms with Gasteiger partial charge in [-0.25, -0.2) is 9.65 Å². The van der Waals surface area contributed by atoms with Crippen molar-refractivity contribution in [3.8, 4) is 0 Å². The minimum absolute atomic E-state index is 0.223. The van der Waals surface area contributed by atoms with Crippen LogP contribution in [0, 0.1) is 0 Å². The minimum Gasteiger partial charge on any atom is -0.322 e. The molecule has 0 amide bonds. The van der Waals surface area contributed by atoms with E-state index < -0.39 is 7.75 Å². The molecule has 1 aromatic carbocycles. The van der Waals surface area contributed by atoms with Crippen LogP contribution in [0.2, 0.25) is 0 Å². The molecule has 166 valence electrons. The fourth-order valence-corrected chi connectivity index (χ4v) is 4.49. The zero-order valence-electron chi connectivity index (χ0n) is 18.1. The lowest BCUT2D eigenvalue weighted by molar-refractivity contribution is 0.247. The van der Waals surface area contributed by atoms with Crippen LogP contribution in [0.25, 0.3) is 0 Å². The second-order valence-electron chi connectivity index (χ2n) is 7.98. The number of rotatable bonds is 11. The SMILES string of the molecule is CCCC1(N)\C=C/C=C(CCCOP(=O)(O)NCCc2ccccc2)\C=C\CCC1. The van der Waals surface area contributed by atoms with Crippen molar-refractivity contribution in [3.05, 3.63) is 71.8 Å². The Morgan fingerprint density at radius 2 is 2.07 bits per heavy atom. The van der Waals surface area contributed by atoms with Crippen molar-refractivity contribution in [2.45, 2.75) is 63.8 Å². The molecule has 0 spiro atoms. The molecule has 2 atom stereocenters. The molecule has 0 saturated carbocycles. The topological polar surface area (TPSA) is 84.6 Å². The molecule has 4 N–H and O–H groups in total. The fraction of sp³-hybridized carbons (Fsp3) is 0.500. The predicted molar refractivity (Wildman–Crippen MR) is 125 cm³/mol. The van der Waals surface area contributed by atoms with E-state index >= 15 is 0 Å².